The second kappa shape index (κ2) is 4.46. The van der Waals surface area contributed by atoms with Crippen LogP contribution in [0.4, 0.5) is 4.39 Å². The van der Waals surface area contributed by atoms with Gasteiger partial charge >= 0.3 is 0 Å². The van der Waals surface area contributed by atoms with E-state index in [1.165, 1.54) is 6.07 Å². The third-order valence-corrected chi connectivity index (χ3v) is 2.40. The Morgan fingerprint density at radius 2 is 2.08 bits per heavy atom. The molecule has 0 aliphatic rings. The first-order chi connectivity index (χ1) is 5.79. The summed E-state index contributed by atoms with van der Waals surface area (Å²) in [5.74, 6) is 0.482. The normalized spacial score (nSPS) is 12.9. The van der Waals surface area contributed by atoms with E-state index in [-0.39, 0.29) is 11.7 Å². The molecule has 1 unspecified atom stereocenters. The molecule has 0 amide bonds. The summed E-state index contributed by atoms with van der Waals surface area (Å²) in [7, 11) is 0. The third-order valence-electron chi connectivity index (χ3n) is 2.02. The van der Waals surface area contributed by atoms with Crippen LogP contribution in [0.1, 0.15) is 24.8 Å². The monoisotopic (exact) mass is 186 g/mol. The molecule has 0 spiro atoms. The molecule has 12 heavy (non-hydrogen) atoms. The summed E-state index contributed by atoms with van der Waals surface area (Å²) in [6.07, 6.45) is 0.879. The molecule has 0 aliphatic carbocycles. The predicted octanol–water partition coefficient (Wildman–Crippen LogP) is 3.56. The summed E-state index contributed by atoms with van der Waals surface area (Å²) in [5.41, 5.74) is 0.731. The zero-order valence-electron chi connectivity index (χ0n) is 7.06. The van der Waals surface area contributed by atoms with Crippen molar-refractivity contribution in [3.8, 4) is 0 Å². The minimum absolute atomic E-state index is 0.146. The number of hydrogen-bond acceptors (Lipinski definition) is 0. The van der Waals surface area contributed by atoms with E-state index < -0.39 is 0 Å². The molecule has 0 saturated heterocycles. The van der Waals surface area contributed by atoms with Gasteiger partial charge in [-0.1, -0.05) is 25.1 Å². The molecule has 1 aromatic rings. The molecular formula is C10H12ClF. The fourth-order valence-electron chi connectivity index (χ4n) is 1.22. The topological polar surface area (TPSA) is 0 Å². The van der Waals surface area contributed by atoms with E-state index in [0.717, 1.165) is 12.0 Å². The van der Waals surface area contributed by atoms with Gasteiger partial charge in [0, 0.05) is 11.8 Å². The lowest BCUT2D eigenvalue weighted by molar-refractivity contribution is 0.585. The Labute approximate surface area is 77.4 Å². The molecule has 0 saturated carbocycles. The van der Waals surface area contributed by atoms with Crippen LogP contribution in [0.15, 0.2) is 24.3 Å². The highest BCUT2D eigenvalue weighted by atomic mass is 35.5. The summed E-state index contributed by atoms with van der Waals surface area (Å²) >= 11 is 5.71. The number of halogens is 2. The first-order valence-electron chi connectivity index (χ1n) is 4.10. The van der Waals surface area contributed by atoms with Crippen molar-refractivity contribution in [3.63, 3.8) is 0 Å². The number of benzene rings is 1. The molecule has 0 heterocycles. The molecule has 0 fully saturated rings. The number of alkyl halides is 1. The van der Waals surface area contributed by atoms with Crippen molar-refractivity contribution >= 4 is 11.6 Å². The van der Waals surface area contributed by atoms with Crippen LogP contribution in [0.5, 0.6) is 0 Å². The van der Waals surface area contributed by atoms with Gasteiger partial charge in [0.1, 0.15) is 5.82 Å². The molecule has 1 rings (SSSR count). The second-order valence-corrected chi connectivity index (χ2v) is 3.09. The lowest BCUT2D eigenvalue weighted by Crippen LogP contribution is -2.01. The van der Waals surface area contributed by atoms with Crippen molar-refractivity contribution in [2.24, 2.45) is 0 Å². The predicted molar refractivity (Wildman–Crippen MR) is 50.2 cm³/mol. The van der Waals surface area contributed by atoms with E-state index in [9.17, 15) is 4.39 Å². The highest BCUT2D eigenvalue weighted by Gasteiger charge is 2.11. The van der Waals surface area contributed by atoms with Gasteiger partial charge in [0.2, 0.25) is 0 Å². The Bertz CT molecular complexity index is 243. The van der Waals surface area contributed by atoms with Gasteiger partial charge in [-0.15, -0.1) is 11.6 Å². The third kappa shape index (κ3) is 1.98. The fourth-order valence-corrected chi connectivity index (χ4v) is 1.60. The van der Waals surface area contributed by atoms with Gasteiger partial charge in [-0.2, -0.15) is 0 Å². The van der Waals surface area contributed by atoms with Gasteiger partial charge in [-0.05, 0) is 18.1 Å². The largest absolute Gasteiger partial charge is 0.207 e. The molecule has 1 atom stereocenters. The summed E-state index contributed by atoms with van der Waals surface area (Å²) in [5, 5.41) is 0. The van der Waals surface area contributed by atoms with Gasteiger partial charge in [0.15, 0.2) is 0 Å². The molecule has 1 aromatic carbocycles. The Hall–Kier alpha value is -0.560. The van der Waals surface area contributed by atoms with Gasteiger partial charge in [0.25, 0.3) is 0 Å². The van der Waals surface area contributed by atoms with E-state index in [1.807, 2.05) is 13.0 Å². The molecule has 66 valence electrons. The van der Waals surface area contributed by atoms with Crippen molar-refractivity contribution in [3.05, 3.63) is 35.6 Å². The Kier molecular flexibility index (Phi) is 3.54. The maximum atomic E-state index is 13.2. The molecule has 0 N–H and O–H groups in total. The van der Waals surface area contributed by atoms with Gasteiger partial charge in [-0.25, -0.2) is 4.39 Å². The standard InChI is InChI=1S/C10H12ClF/c1-2-8(7-11)9-5-3-4-6-10(9)12/h3-6,8H,2,7H2,1H3. The van der Waals surface area contributed by atoms with E-state index >= 15 is 0 Å². The molecule has 2 heteroatoms. The lowest BCUT2D eigenvalue weighted by Gasteiger charge is -2.11. The first-order valence-corrected chi connectivity index (χ1v) is 4.63. The van der Waals surface area contributed by atoms with Gasteiger partial charge < -0.3 is 0 Å². The number of rotatable bonds is 3. The Morgan fingerprint density at radius 1 is 1.42 bits per heavy atom. The minimum Gasteiger partial charge on any atom is -0.207 e. The average Bonchev–Trinajstić information content (AvgIpc) is 2.10. The van der Waals surface area contributed by atoms with Crippen molar-refractivity contribution in [2.75, 3.05) is 5.88 Å². The fraction of sp³-hybridized carbons (Fsp3) is 0.400. The van der Waals surface area contributed by atoms with Crippen LogP contribution in [0, 0.1) is 5.82 Å². The molecule has 0 aliphatic heterocycles. The zero-order valence-corrected chi connectivity index (χ0v) is 7.81. The molecular weight excluding hydrogens is 175 g/mol. The van der Waals surface area contributed by atoms with Gasteiger partial charge in [0.05, 0.1) is 0 Å². The number of hydrogen-bond donors (Lipinski definition) is 0. The molecule has 0 nitrogen and oxygen atoms in total. The van der Waals surface area contributed by atoms with Crippen LogP contribution in [0.3, 0.4) is 0 Å². The smallest absolute Gasteiger partial charge is 0.126 e. The summed E-state index contributed by atoms with van der Waals surface area (Å²) in [6.45, 7) is 2.01. The highest BCUT2D eigenvalue weighted by molar-refractivity contribution is 6.18. The van der Waals surface area contributed by atoms with Crippen molar-refractivity contribution in [2.45, 2.75) is 19.3 Å². The van der Waals surface area contributed by atoms with E-state index in [2.05, 4.69) is 0 Å². The van der Waals surface area contributed by atoms with Gasteiger partial charge in [-0.3, -0.25) is 0 Å². The van der Waals surface area contributed by atoms with Crippen molar-refractivity contribution in [1.29, 1.82) is 0 Å². The second-order valence-electron chi connectivity index (χ2n) is 2.78. The van der Waals surface area contributed by atoms with E-state index in [4.69, 9.17) is 11.6 Å². The molecule has 0 bridgehead atoms. The maximum Gasteiger partial charge on any atom is 0.126 e. The Morgan fingerprint density at radius 3 is 2.58 bits per heavy atom. The SMILES string of the molecule is CCC(CCl)c1ccccc1F. The zero-order chi connectivity index (χ0) is 8.97. The van der Waals surface area contributed by atoms with Crippen molar-refractivity contribution < 1.29 is 4.39 Å². The summed E-state index contributed by atoms with van der Waals surface area (Å²) in [4.78, 5) is 0. The van der Waals surface area contributed by atoms with Crippen LogP contribution in [-0.4, -0.2) is 5.88 Å². The summed E-state index contributed by atoms with van der Waals surface area (Å²) in [6, 6.07) is 6.81. The maximum absolute atomic E-state index is 13.2. The van der Waals surface area contributed by atoms with E-state index in [0.29, 0.717) is 5.88 Å². The van der Waals surface area contributed by atoms with Crippen LogP contribution in [-0.2, 0) is 0 Å². The van der Waals surface area contributed by atoms with Crippen LogP contribution >= 0.6 is 11.6 Å². The lowest BCUT2D eigenvalue weighted by atomic mass is 9.98. The van der Waals surface area contributed by atoms with E-state index in [1.54, 1.807) is 12.1 Å². The molecule has 0 radical (unpaired) electrons. The Balaban J connectivity index is 2.92. The van der Waals surface area contributed by atoms with Crippen LogP contribution in [0.2, 0.25) is 0 Å². The summed E-state index contributed by atoms with van der Waals surface area (Å²) < 4.78 is 13.2. The average molecular weight is 187 g/mol. The molecule has 0 aromatic heterocycles. The minimum atomic E-state index is -0.148. The van der Waals surface area contributed by atoms with Crippen LogP contribution in [0.25, 0.3) is 0 Å². The quantitative estimate of drug-likeness (QED) is 0.634. The first kappa shape index (κ1) is 9.53. The van der Waals surface area contributed by atoms with Crippen LogP contribution < -0.4 is 0 Å². The highest BCUT2D eigenvalue weighted by Crippen LogP contribution is 2.22. The van der Waals surface area contributed by atoms with Crippen molar-refractivity contribution in [1.82, 2.24) is 0 Å².